The maximum atomic E-state index is 9.36. The zero-order valence-corrected chi connectivity index (χ0v) is 11.4. The SMILES string of the molecule is CC1(C)CCC(N)C(CN2CCCC2CO)C1. The van der Waals surface area contributed by atoms with Crippen LogP contribution >= 0.6 is 0 Å². The maximum absolute atomic E-state index is 9.36. The second-order valence-electron chi connectivity index (χ2n) is 6.80. The zero-order valence-electron chi connectivity index (χ0n) is 11.4. The van der Waals surface area contributed by atoms with E-state index in [1.165, 1.54) is 19.3 Å². The van der Waals surface area contributed by atoms with Crippen molar-refractivity contribution in [2.45, 2.75) is 58.0 Å². The average Bonchev–Trinajstić information content (AvgIpc) is 2.70. The highest BCUT2D eigenvalue weighted by Crippen LogP contribution is 2.38. The predicted octanol–water partition coefficient (Wildman–Crippen LogP) is 1.60. The predicted molar refractivity (Wildman–Crippen MR) is 70.8 cm³/mol. The molecule has 2 aliphatic rings. The summed E-state index contributed by atoms with van der Waals surface area (Å²) in [6.07, 6.45) is 6.05. The first-order valence-electron chi connectivity index (χ1n) is 7.12. The molecule has 0 aromatic carbocycles. The third kappa shape index (κ3) is 3.21. The summed E-state index contributed by atoms with van der Waals surface area (Å²) < 4.78 is 0. The van der Waals surface area contributed by atoms with E-state index in [0.717, 1.165) is 25.9 Å². The lowest BCUT2D eigenvalue weighted by atomic mass is 9.70. The highest BCUT2D eigenvalue weighted by Gasteiger charge is 2.35. The van der Waals surface area contributed by atoms with E-state index in [2.05, 4.69) is 18.7 Å². The molecule has 1 saturated heterocycles. The minimum absolute atomic E-state index is 0.311. The third-order valence-corrected chi connectivity index (χ3v) is 4.75. The highest BCUT2D eigenvalue weighted by molar-refractivity contribution is 4.90. The smallest absolute Gasteiger partial charge is 0.0586 e. The summed E-state index contributed by atoms with van der Waals surface area (Å²) in [5.74, 6) is 0.617. The van der Waals surface area contributed by atoms with Crippen molar-refractivity contribution in [3.63, 3.8) is 0 Å². The van der Waals surface area contributed by atoms with Crippen LogP contribution < -0.4 is 5.73 Å². The van der Waals surface area contributed by atoms with Crippen molar-refractivity contribution in [1.29, 1.82) is 0 Å². The monoisotopic (exact) mass is 240 g/mol. The second-order valence-corrected chi connectivity index (χ2v) is 6.80. The van der Waals surface area contributed by atoms with Gasteiger partial charge in [-0.05, 0) is 50.0 Å². The molecule has 3 unspecified atom stereocenters. The van der Waals surface area contributed by atoms with Crippen molar-refractivity contribution < 1.29 is 5.11 Å². The molecule has 1 aliphatic heterocycles. The van der Waals surface area contributed by atoms with Gasteiger partial charge in [0.05, 0.1) is 6.61 Å². The Morgan fingerprint density at radius 3 is 2.82 bits per heavy atom. The molecule has 0 bridgehead atoms. The Hall–Kier alpha value is -0.120. The van der Waals surface area contributed by atoms with E-state index >= 15 is 0 Å². The Bertz CT molecular complexity index is 255. The van der Waals surface area contributed by atoms with Crippen molar-refractivity contribution in [2.24, 2.45) is 17.1 Å². The lowest BCUT2D eigenvalue weighted by Gasteiger charge is -2.41. The van der Waals surface area contributed by atoms with Gasteiger partial charge in [-0.3, -0.25) is 4.90 Å². The largest absolute Gasteiger partial charge is 0.395 e. The first kappa shape index (κ1) is 13.3. The molecule has 0 aromatic heterocycles. The molecular weight excluding hydrogens is 212 g/mol. The standard InChI is InChI=1S/C14H28N2O/c1-14(2)6-5-13(15)11(8-14)9-16-7-3-4-12(16)10-17/h11-13,17H,3-10,15H2,1-2H3. The Morgan fingerprint density at radius 2 is 2.12 bits per heavy atom. The topological polar surface area (TPSA) is 49.5 Å². The van der Waals surface area contributed by atoms with Crippen molar-refractivity contribution in [3.05, 3.63) is 0 Å². The fraction of sp³-hybridized carbons (Fsp3) is 1.00. The highest BCUT2D eigenvalue weighted by atomic mass is 16.3. The summed E-state index contributed by atoms with van der Waals surface area (Å²) in [5.41, 5.74) is 6.73. The van der Waals surface area contributed by atoms with Crippen molar-refractivity contribution >= 4 is 0 Å². The van der Waals surface area contributed by atoms with Crippen LogP contribution in [0.5, 0.6) is 0 Å². The molecule has 100 valence electrons. The molecule has 0 aromatic rings. The Labute approximate surface area is 105 Å². The number of aliphatic hydroxyl groups excluding tert-OH is 1. The van der Waals surface area contributed by atoms with E-state index < -0.39 is 0 Å². The number of hydrogen-bond acceptors (Lipinski definition) is 3. The van der Waals surface area contributed by atoms with Gasteiger partial charge >= 0.3 is 0 Å². The van der Waals surface area contributed by atoms with E-state index in [1.807, 2.05) is 0 Å². The summed E-state index contributed by atoms with van der Waals surface area (Å²) in [5, 5.41) is 9.36. The molecule has 1 saturated carbocycles. The summed E-state index contributed by atoms with van der Waals surface area (Å²) in [6, 6.07) is 0.759. The molecule has 3 atom stereocenters. The number of aliphatic hydroxyl groups is 1. The number of likely N-dealkylation sites (tertiary alicyclic amines) is 1. The summed E-state index contributed by atoms with van der Waals surface area (Å²) in [6.45, 7) is 7.27. The molecule has 1 aliphatic carbocycles. The molecule has 3 heteroatoms. The van der Waals surface area contributed by atoms with Gasteiger partial charge in [-0.2, -0.15) is 0 Å². The quantitative estimate of drug-likeness (QED) is 0.788. The minimum atomic E-state index is 0.311. The van der Waals surface area contributed by atoms with Gasteiger partial charge in [0.2, 0.25) is 0 Å². The molecule has 0 radical (unpaired) electrons. The molecule has 0 amide bonds. The number of hydrogen-bond donors (Lipinski definition) is 2. The zero-order chi connectivity index (χ0) is 12.5. The molecule has 2 fully saturated rings. The van der Waals surface area contributed by atoms with Crippen LogP contribution in [0.3, 0.4) is 0 Å². The van der Waals surface area contributed by atoms with E-state index in [0.29, 0.717) is 30.0 Å². The van der Waals surface area contributed by atoms with Gasteiger partial charge in [-0.15, -0.1) is 0 Å². The van der Waals surface area contributed by atoms with E-state index in [9.17, 15) is 5.11 Å². The lowest BCUT2D eigenvalue weighted by molar-refractivity contribution is 0.0905. The Balaban J connectivity index is 1.92. The van der Waals surface area contributed by atoms with Crippen LogP contribution in [0.1, 0.15) is 46.0 Å². The molecule has 3 nitrogen and oxygen atoms in total. The summed E-state index contributed by atoms with van der Waals surface area (Å²) in [7, 11) is 0. The lowest BCUT2D eigenvalue weighted by Crippen LogP contribution is -2.46. The first-order valence-corrected chi connectivity index (χ1v) is 7.12. The molecular formula is C14H28N2O. The van der Waals surface area contributed by atoms with Crippen LogP contribution in [0, 0.1) is 11.3 Å². The van der Waals surface area contributed by atoms with Crippen molar-refractivity contribution in [1.82, 2.24) is 4.90 Å². The van der Waals surface area contributed by atoms with E-state index in [1.54, 1.807) is 0 Å². The van der Waals surface area contributed by atoms with Crippen LogP contribution in [0.4, 0.5) is 0 Å². The molecule has 1 heterocycles. The van der Waals surface area contributed by atoms with Crippen LogP contribution in [-0.4, -0.2) is 41.8 Å². The molecule has 2 rings (SSSR count). The summed E-state index contributed by atoms with van der Waals surface area (Å²) >= 11 is 0. The van der Waals surface area contributed by atoms with Gasteiger partial charge in [0.1, 0.15) is 0 Å². The first-order chi connectivity index (χ1) is 8.02. The average molecular weight is 240 g/mol. The number of nitrogens with two attached hydrogens (primary N) is 1. The van der Waals surface area contributed by atoms with Gasteiger partial charge in [0.25, 0.3) is 0 Å². The fourth-order valence-corrected chi connectivity index (χ4v) is 3.60. The van der Waals surface area contributed by atoms with Gasteiger partial charge in [-0.25, -0.2) is 0 Å². The Morgan fingerprint density at radius 1 is 1.35 bits per heavy atom. The third-order valence-electron chi connectivity index (χ3n) is 4.75. The fourth-order valence-electron chi connectivity index (χ4n) is 3.60. The van der Waals surface area contributed by atoms with Crippen LogP contribution in [0.15, 0.2) is 0 Å². The van der Waals surface area contributed by atoms with Crippen LogP contribution in [0.2, 0.25) is 0 Å². The molecule has 17 heavy (non-hydrogen) atoms. The normalized spacial score (nSPS) is 38.5. The van der Waals surface area contributed by atoms with Gasteiger partial charge in [0, 0.05) is 18.6 Å². The van der Waals surface area contributed by atoms with Crippen molar-refractivity contribution in [3.8, 4) is 0 Å². The van der Waals surface area contributed by atoms with E-state index in [-0.39, 0.29) is 0 Å². The van der Waals surface area contributed by atoms with E-state index in [4.69, 9.17) is 5.73 Å². The molecule has 3 N–H and O–H groups in total. The second kappa shape index (κ2) is 5.25. The molecule has 0 spiro atoms. The number of rotatable bonds is 3. The van der Waals surface area contributed by atoms with Crippen molar-refractivity contribution in [2.75, 3.05) is 19.7 Å². The van der Waals surface area contributed by atoms with Gasteiger partial charge < -0.3 is 10.8 Å². The van der Waals surface area contributed by atoms with Crippen LogP contribution in [-0.2, 0) is 0 Å². The van der Waals surface area contributed by atoms with Gasteiger partial charge in [-0.1, -0.05) is 13.8 Å². The summed E-state index contributed by atoms with van der Waals surface area (Å²) in [4.78, 5) is 2.46. The Kier molecular flexibility index (Phi) is 4.11. The van der Waals surface area contributed by atoms with Crippen LogP contribution in [0.25, 0.3) is 0 Å². The minimum Gasteiger partial charge on any atom is -0.395 e. The van der Waals surface area contributed by atoms with Gasteiger partial charge in [0.15, 0.2) is 0 Å². The maximum Gasteiger partial charge on any atom is 0.0586 e. The number of nitrogens with zero attached hydrogens (tertiary/aromatic N) is 1.